The summed E-state index contributed by atoms with van der Waals surface area (Å²) in [6, 6.07) is 0. The van der Waals surface area contributed by atoms with Crippen LogP contribution in [-0.4, -0.2) is 69.8 Å². The second-order valence-corrected chi connectivity index (χ2v) is 12.5. The number of ether oxygens (including phenoxy) is 1. The van der Waals surface area contributed by atoms with Crippen molar-refractivity contribution >= 4 is 33.9 Å². The summed E-state index contributed by atoms with van der Waals surface area (Å²) in [6.07, 6.45) is 0.118. The SMILES string of the molecule is CCC(=O)O[C@]1(C(=O)SC(=O)N(C)C)[C@@H](C)C[C@H]2[C@@H]3C[C@H](F)C4=CC(=O)C=C[C@]4(C)[C@@]3(F)[C@@H](O)C[C@@]21C. The van der Waals surface area contributed by atoms with Crippen molar-refractivity contribution in [3.63, 3.8) is 0 Å². The average molecular weight is 540 g/mol. The number of halogens is 2. The van der Waals surface area contributed by atoms with Gasteiger partial charge in [-0.15, -0.1) is 0 Å². The number of alkyl halides is 2. The molecule has 1 amide bonds. The van der Waals surface area contributed by atoms with Crippen molar-refractivity contribution in [3.05, 3.63) is 23.8 Å². The summed E-state index contributed by atoms with van der Waals surface area (Å²) in [4.78, 5) is 52.3. The van der Waals surface area contributed by atoms with Crippen LogP contribution in [0.1, 0.15) is 53.4 Å². The van der Waals surface area contributed by atoms with Crippen LogP contribution in [0.25, 0.3) is 0 Å². The van der Waals surface area contributed by atoms with Crippen molar-refractivity contribution in [1.82, 2.24) is 4.90 Å². The molecule has 0 radical (unpaired) electrons. The molecule has 10 heteroatoms. The predicted molar refractivity (Wildman–Crippen MR) is 134 cm³/mol. The Hall–Kier alpha value is -2.07. The fourth-order valence-electron chi connectivity index (χ4n) is 7.72. The molecule has 0 aromatic carbocycles. The van der Waals surface area contributed by atoms with Gasteiger partial charge in [0.2, 0.25) is 5.12 Å². The zero-order valence-corrected chi connectivity index (χ0v) is 22.9. The van der Waals surface area contributed by atoms with E-state index in [2.05, 4.69) is 0 Å². The van der Waals surface area contributed by atoms with Crippen LogP contribution in [-0.2, 0) is 19.1 Å². The first-order chi connectivity index (χ1) is 17.1. The van der Waals surface area contributed by atoms with Gasteiger partial charge in [0, 0.05) is 54.9 Å². The molecule has 0 aromatic rings. The number of ketones is 1. The van der Waals surface area contributed by atoms with Gasteiger partial charge in [0.05, 0.1) is 6.10 Å². The summed E-state index contributed by atoms with van der Waals surface area (Å²) >= 11 is 0.426. The monoisotopic (exact) mass is 539 g/mol. The first kappa shape index (κ1) is 28.0. The molecule has 3 saturated carbocycles. The number of carbonyl (C=O) groups excluding carboxylic acids is 4. The lowest BCUT2D eigenvalue weighted by atomic mass is 9.44. The molecule has 37 heavy (non-hydrogen) atoms. The van der Waals surface area contributed by atoms with Gasteiger partial charge in [0.1, 0.15) is 6.17 Å². The zero-order chi connectivity index (χ0) is 27.7. The van der Waals surface area contributed by atoms with Crippen LogP contribution in [0.15, 0.2) is 23.8 Å². The standard InChI is InChI=1S/C27H35F2NO6S/c1-7-21(33)36-27(22(34)37-23(35)30(5)6)14(2)10-16-17-12-19(28)18-11-15(31)8-9-24(18,3)26(17,29)20(32)13-25(16,27)4/h8-9,11,14,16-17,19-20,32H,7,10,12-13H2,1-6H3/t14-,16-,17-,19-,20-,24-,25-,26-,27-/m0/s1. The van der Waals surface area contributed by atoms with E-state index in [9.17, 15) is 24.3 Å². The first-order valence-corrected chi connectivity index (χ1v) is 13.5. The summed E-state index contributed by atoms with van der Waals surface area (Å²) in [5, 5.41) is 10.3. The van der Waals surface area contributed by atoms with Crippen LogP contribution in [0.5, 0.6) is 0 Å². The summed E-state index contributed by atoms with van der Waals surface area (Å²) in [6.45, 7) is 6.50. The third-order valence-corrected chi connectivity index (χ3v) is 10.6. The molecule has 4 aliphatic carbocycles. The molecule has 4 rings (SSSR count). The Bertz CT molecular complexity index is 1110. The maximum absolute atomic E-state index is 17.4. The molecule has 0 aliphatic heterocycles. The van der Waals surface area contributed by atoms with Gasteiger partial charge in [-0.05, 0) is 49.8 Å². The number of aliphatic hydroxyl groups excluding tert-OH is 1. The summed E-state index contributed by atoms with van der Waals surface area (Å²) in [7, 11) is 2.99. The van der Waals surface area contributed by atoms with E-state index >= 15 is 8.78 Å². The van der Waals surface area contributed by atoms with Gasteiger partial charge in [0.15, 0.2) is 17.1 Å². The lowest BCUT2D eigenvalue weighted by Crippen LogP contribution is -2.70. The van der Waals surface area contributed by atoms with E-state index in [1.165, 1.54) is 38.1 Å². The molecule has 0 aromatic heterocycles. The van der Waals surface area contributed by atoms with Gasteiger partial charge in [0.25, 0.3) is 5.24 Å². The van der Waals surface area contributed by atoms with Crippen LogP contribution >= 0.6 is 11.8 Å². The van der Waals surface area contributed by atoms with E-state index < -0.39 is 74.2 Å². The fourth-order valence-corrected chi connectivity index (χ4v) is 8.68. The number of hydrogen-bond donors (Lipinski definition) is 1. The quantitative estimate of drug-likeness (QED) is 0.537. The Morgan fingerprint density at radius 3 is 2.46 bits per heavy atom. The molecule has 1 N–H and O–H groups in total. The highest BCUT2D eigenvalue weighted by Crippen LogP contribution is 2.72. The summed E-state index contributed by atoms with van der Waals surface area (Å²) in [5.74, 6) is -3.36. The maximum atomic E-state index is 17.4. The fraction of sp³-hybridized carbons (Fsp3) is 0.704. The van der Waals surface area contributed by atoms with Crippen LogP contribution in [0, 0.1) is 28.6 Å². The normalized spacial score (nSPS) is 44.3. The van der Waals surface area contributed by atoms with Gasteiger partial charge >= 0.3 is 5.97 Å². The van der Waals surface area contributed by atoms with Crippen molar-refractivity contribution in [2.45, 2.75) is 76.9 Å². The van der Waals surface area contributed by atoms with Crippen molar-refractivity contribution < 1.29 is 37.8 Å². The first-order valence-electron chi connectivity index (χ1n) is 12.7. The van der Waals surface area contributed by atoms with Crippen molar-refractivity contribution in [1.29, 1.82) is 0 Å². The molecule has 0 unspecified atom stereocenters. The summed E-state index contributed by atoms with van der Waals surface area (Å²) < 4.78 is 39.0. The largest absolute Gasteiger partial charge is 0.449 e. The Morgan fingerprint density at radius 1 is 1.22 bits per heavy atom. The molecule has 0 spiro atoms. The van der Waals surface area contributed by atoms with Gasteiger partial charge in [-0.1, -0.05) is 26.8 Å². The lowest BCUT2D eigenvalue weighted by Gasteiger charge is -2.63. The van der Waals surface area contributed by atoms with Gasteiger partial charge in [-0.2, -0.15) is 0 Å². The number of amides is 1. The third-order valence-electron chi connectivity index (χ3n) is 9.58. The van der Waals surface area contributed by atoms with Crippen LogP contribution < -0.4 is 0 Å². The number of thioether (sulfide) groups is 1. The predicted octanol–water partition coefficient (Wildman–Crippen LogP) is 4.18. The average Bonchev–Trinajstić information content (AvgIpc) is 3.04. The number of fused-ring (bicyclic) bond motifs is 5. The van der Waals surface area contributed by atoms with Crippen molar-refractivity contribution in [2.75, 3.05) is 14.1 Å². The van der Waals surface area contributed by atoms with E-state index in [4.69, 9.17) is 4.74 Å². The molecule has 3 fully saturated rings. The molecular formula is C27H35F2NO6S. The van der Waals surface area contributed by atoms with Crippen LogP contribution in [0.4, 0.5) is 13.6 Å². The number of carbonyl (C=O) groups is 4. The van der Waals surface area contributed by atoms with Crippen molar-refractivity contribution in [2.24, 2.45) is 28.6 Å². The highest BCUT2D eigenvalue weighted by Gasteiger charge is 2.78. The Kier molecular flexibility index (Phi) is 6.80. The van der Waals surface area contributed by atoms with E-state index in [-0.39, 0.29) is 31.3 Å². The molecule has 0 bridgehead atoms. The maximum Gasteiger partial charge on any atom is 0.306 e. The van der Waals surface area contributed by atoms with E-state index in [0.29, 0.717) is 11.8 Å². The topological polar surface area (TPSA) is 101 Å². The molecule has 0 saturated heterocycles. The Morgan fingerprint density at radius 2 is 1.86 bits per heavy atom. The van der Waals surface area contributed by atoms with Gasteiger partial charge in [-0.3, -0.25) is 19.2 Å². The molecular weight excluding hydrogens is 504 g/mol. The minimum absolute atomic E-state index is 0.0133. The number of rotatable bonds is 3. The molecule has 7 nitrogen and oxygen atoms in total. The van der Waals surface area contributed by atoms with Crippen molar-refractivity contribution in [3.8, 4) is 0 Å². The van der Waals surface area contributed by atoms with Gasteiger partial charge in [-0.25, -0.2) is 8.78 Å². The Labute approximate surface area is 220 Å². The summed E-state index contributed by atoms with van der Waals surface area (Å²) in [5.41, 5.74) is -6.94. The van der Waals surface area contributed by atoms with Crippen LogP contribution in [0.3, 0.4) is 0 Å². The lowest BCUT2D eigenvalue weighted by molar-refractivity contribution is -0.228. The molecule has 9 atom stereocenters. The number of esters is 1. The number of allylic oxidation sites excluding steroid dienone is 4. The van der Waals surface area contributed by atoms with E-state index in [0.717, 1.165) is 6.08 Å². The van der Waals surface area contributed by atoms with Crippen LogP contribution in [0.2, 0.25) is 0 Å². The second kappa shape index (κ2) is 9.00. The number of hydrogen-bond acceptors (Lipinski definition) is 7. The third kappa shape index (κ3) is 3.61. The highest BCUT2D eigenvalue weighted by molar-refractivity contribution is 8.26. The highest BCUT2D eigenvalue weighted by atomic mass is 32.2. The minimum Gasteiger partial charge on any atom is -0.449 e. The minimum atomic E-state index is -2.32. The molecule has 4 aliphatic rings. The zero-order valence-electron chi connectivity index (χ0n) is 22.0. The number of aliphatic hydroxyl groups is 1. The molecule has 204 valence electrons. The smallest absolute Gasteiger partial charge is 0.306 e. The molecule has 0 heterocycles. The number of nitrogens with zero attached hydrogens (tertiary/aromatic N) is 1. The van der Waals surface area contributed by atoms with E-state index in [1.54, 1.807) is 20.8 Å². The van der Waals surface area contributed by atoms with Gasteiger partial charge < -0.3 is 14.7 Å². The Balaban J connectivity index is 1.86. The van der Waals surface area contributed by atoms with E-state index in [1.807, 2.05) is 0 Å². The second-order valence-electron chi connectivity index (χ2n) is 11.6.